The molecule has 8 nitrogen and oxygen atoms in total. The van der Waals surface area contributed by atoms with Gasteiger partial charge in [0.05, 0.1) is 10.5 Å². The highest BCUT2D eigenvalue weighted by molar-refractivity contribution is 8.06. The maximum absolute atomic E-state index is 11.6. The van der Waals surface area contributed by atoms with Gasteiger partial charge in [-0.15, -0.1) is 0 Å². The monoisotopic (exact) mass is 273 g/mol. The summed E-state index contributed by atoms with van der Waals surface area (Å²) in [6.07, 6.45) is 0. The van der Waals surface area contributed by atoms with Crippen LogP contribution in [-0.4, -0.2) is 29.5 Å². The Morgan fingerprint density at radius 2 is 1.89 bits per heavy atom. The molecule has 0 saturated heterocycles. The topological polar surface area (TPSA) is 132 Å². The summed E-state index contributed by atoms with van der Waals surface area (Å²) in [5.41, 5.74) is -1.30. The Kier molecular flexibility index (Phi) is 3.47. The van der Waals surface area contributed by atoms with Crippen LogP contribution in [0.25, 0.3) is 0 Å². The predicted molar refractivity (Wildman–Crippen MR) is 57.9 cm³/mol. The predicted octanol–water partition coefficient (Wildman–Crippen LogP) is 0.613. The molecule has 18 heavy (non-hydrogen) atoms. The van der Waals surface area contributed by atoms with E-state index in [1.807, 2.05) is 0 Å². The van der Waals surface area contributed by atoms with E-state index in [9.17, 15) is 28.1 Å². The molecule has 0 aliphatic rings. The molecule has 0 amide bonds. The van der Waals surface area contributed by atoms with E-state index < -0.39 is 42.0 Å². The molecule has 0 fully saturated rings. The van der Waals surface area contributed by atoms with Gasteiger partial charge in [0, 0.05) is 13.0 Å². The van der Waals surface area contributed by atoms with E-state index >= 15 is 0 Å². The van der Waals surface area contributed by atoms with Crippen molar-refractivity contribution in [1.29, 1.82) is 0 Å². The number of carboxylic acids is 1. The third kappa shape index (κ3) is 2.35. The maximum atomic E-state index is 11.6. The molecular formula is C9H7NO7S. The van der Waals surface area contributed by atoms with Gasteiger partial charge in [-0.2, -0.15) is 0 Å². The van der Waals surface area contributed by atoms with Gasteiger partial charge in [0.25, 0.3) is 5.69 Å². The van der Waals surface area contributed by atoms with E-state index in [0.29, 0.717) is 6.07 Å². The molecule has 1 aromatic rings. The summed E-state index contributed by atoms with van der Waals surface area (Å²) in [7, 11) is -4.55. The fourth-order valence-corrected chi connectivity index (χ4v) is 2.18. The average Bonchev–Trinajstić information content (AvgIpc) is 2.27. The fourth-order valence-electron chi connectivity index (χ4n) is 1.17. The first-order chi connectivity index (χ1) is 8.17. The number of hydrogen-bond acceptors (Lipinski definition) is 6. The van der Waals surface area contributed by atoms with Crippen molar-refractivity contribution in [2.75, 3.05) is 0 Å². The Labute approximate surface area is 101 Å². The van der Waals surface area contributed by atoms with Crippen LogP contribution in [0.2, 0.25) is 0 Å². The van der Waals surface area contributed by atoms with Gasteiger partial charge in [-0.25, -0.2) is 13.2 Å². The van der Waals surface area contributed by atoms with Crippen LogP contribution in [0.15, 0.2) is 23.1 Å². The van der Waals surface area contributed by atoms with E-state index in [1.165, 1.54) is 0 Å². The van der Waals surface area contributed by atoms with E-state index in [4.69, 9.17) is 5.11 Å². The number of carbonyl (C=O) groups excluding carboxylic acids is 1. The minimum absolute atomic E-state index is 0.458. The zero-order chi connectivity index (χ0) is 14.1. The Morgan fingerprint density at radius 1 is 1.33 bits per heavy atom. The molecule has 0 unspecified atom stereocenters. The zero-order valence-corrected chi connectivity index (χ0v) is 9.80. The lowest BCUT2D eigenvalue weighted by molar-refractivity contribution is -0.387. The molecule has 0 heterocycles. The van der Waals surface area contributed by atoms with Crippen molar-refractivity contribution < 1.29 is 28.0 Å². The Morgan fingerprint density at radius 3 is 2.28 bits per heavy atom. The molecule has 0 atom stereocenters. The Balaban J connectivity index is 3.67. The first-order valence-corrected chi connectivity index (χ1v) is 5.93. The van der Waals surface area contributed by atoms with E-state index in [0.717, 1.165) is 19.1 Å². The van der Waals surface area contributed by atoms with Crippen molar-refractivity contribution in [1.82, 2.24) is 0 Å². The number of hydrogen-bond donors (Lipinski definition) is 1. The van der Waals surface area contributed by atoms with Crippen LogP contribution >= 0.6 is 0 Å². The second-order valence-electron chi connectivity index (χ2n) is 3.24. The maximum Gasteiger partial charge on any atom is 0.335 e. The number of benzene rings is 1. The van der Waals surface area contributed by atoms with Crippen LogP contribution in [0.3, 0.4) is 0 Å². The SMILES string of the molecule is CC(=O)S(=O)(=O)c1cc(C(=O)O)ccc1[N+](=O)[O-]. The van der Waals surface area contributed by atoms with Gasteiger partial charge in [0.1, 0.15) is 0 Å². The highest BCUT2D eigenvalue weighted by Crippen LogP contribution is 2.26. The van der Waals surface area contributed by atoms with Gasteiger partial charge in [0.2, 0.25) is 15.0 Å². The molecule has 96 valence electrons. The van der Waals surface area contributed by atoms with Crippen LogP contribution < -0.4 is 0 Å². The summed E-state index contributed by atoms with van der Waals surface area (Å²) in [6, 6.07) is 2.22. The van der Waals surface area contributed by atoms with Gasteiger partial charge in [-0.1, -0.05) is 0 Å². The molecule has 0 aliphatic carbocycles. The quantitative estimate of drug-likeness (QED) is 0.630. The van der Waals surface area contributed by atoms with E-state index in [1.54, 1.807) is 0 Å². The number of nitrogens with zero attached hydrogens (tertiary/aromatic N) is 1. The molecule has 0 saturated carbocycles. The standard InChI is InChI=1S/C9H7NO7S/c1-5(11)18(16,17)8-4-6(9(12)13)2-3-7(8)10(14)15/h2-4H,1H3,(H,12,13). The lowest BCUT2D eigenvalue weighted by Gasteiger charge is -2.03. The average molecular weight is 273 g/mol. The van der Waals surface area contributed by atoms with Gasteiger partial charge >= 0.3 is 5.97 Å². The van der Waals surface area contributed by atoms with Crippen molar-refractivity contribution in [3.8, 4) is 0 Å². The highest BCUT2D eigenvalue weighted by atomic mass is 32.2. The van der Waals surface area contributed by atoms with Gasteiger partial charge < -0.3 is 5.11 Å². The van der Waals surface area contributed by atoms with Gasteiger partial charge in [-0.05, 0) is 12.1 Å². The lowest BCUT2D eigenvalue weighted by atomic mass is 10.2. The van der Waals surface area contributed by atoms with Crippen LogP contribution in [0.1, 0.15) is 17.3 Å². The van der Waals surface area contributed by atoms with Crippen molar-refractivity contribution in [3.05, 3.63) is 33.9 Å². The van der Waals surface area contributed by atoms with Crippen LogP contribution in [0.4, 0.5) is 5.69 Å². The number of sulfone groups is 1. The molecule has 0 bridgehead atoms. The minimum atomic E-state index is -4.55. The molecule has 0 aliphatic heterocycles. The molecule has 1 aromatic carbocycles. The van der Waals surface area contributed by atoms with E-state index in [2.05, 4.69) is 0 Å². The third-order valence-electron chi connectivity index (χ3n) is 2.07. The molecule has 0 radical (unpaired) electrons. The van der Waals surface area contributed by atoms with Gasteiger partial charge in [0.15, 0.2) is 4.90 Å². The first-order valence-electron chi connectivity index (χ1n) is 4.45. The van der Waals surface area contributed by atoms with Crippen LogP contribution in [-0.2, 0) is 14.6 Å². The summed E-state index contributed by atoms with van der Waals surface area (Å²) in [5.74, 6) is -1.45. The summed E-state index contributed by atoms with van der Waals surface area (Å²) in [6.45, 7) is 0.729. The third-order valence-corrected chi connectivity index (χ3v) is 3.73. The minimum Gasteiger partial charge on any atom is -0.478 e. The molecule has 1 rings (SSSR count). The van der Waals surface area contributed by atoms with Gasteiger partial charge in [-0.3, -0.25) is 14.9 Å². The second-order valence-corrected chi connectivity index (χ2v) is 5.26. The number of nitro groups is 1. The first kappa shape index (κ1) is 13.8. The van der Waals surface area contributed by atoms with Crippen molar-refractivity contribution >= 4 is 26.6 Å². The number of carbonyl (C=O) groups is 2. The molecule has 1 N–H and O–H groups in total. The summed E-state index contributed by atoms with van der Waals surface area (Å²) in [4.78, 5) is 30.4. The second kappa shape index (κ2) is 4.53. The number of carboxylic acid groups (broad SMARTS) is 1. The molecule has 9 heteroatoms. The molecule has 0 spiro atoms. The zero-order valence-electron chi connectivity index (χ0n) is 8.98. The lowest BCUT2D eigenvalue weighted by Crippen LogP contribution is -2.14. The van der Waals surface area contributed by atoms with Crippen molar-refractivity contribution in [2.45, 2.75) is 11.8 Å². The van der Waals surface area contributed by atoms with E-state index in [-0.39, 0.29) is 0 Å². The van der Waals surface area contributed by atoms with Crippen molar-refractivity contribution in [3.63, 3.8) is 0 Å². The number of rotatable bonds is 3. The normalized spacial score (nSPS) is 10.9. The number of nitro benzene ring substituents is 1. The highest BCUT2D eigenvalue weighted by Gasteiger charge is 2.30. The Bertz CT molecular complexity index is 647. The van der Waals surface area contributed by atoms with Crippen molar-refractivity contribution in [2.24, 2.45) is 0 Å². The Hall–Kier alpha value is -2.29. The summed E-state index contributed by atoms with van der Waals surface area (Å²) < 4.78 is 23.2. The van der Waals surface area contributed by atoms with Crippen LogP contribution in [0, 0.1) is 10.1 Å². The molecular weight excluding hydrogens is 266 g/mol. The fraction of sp³-hybridized carbons (Fsp3) is 0.111. The van der Waals surface area contributed by atoms with Crippen LogP contribution in [0.5, 0.6) is 0 Å². The smallest absolute Gasteiger partial charge is 0.335 e. The largest absolute Gasteiger partial charge is 0.478 e. The molecule has 0 aromatic heterocycles. The summed E-state index contributed by atoms with van der Waals surface area (Å²) >= 11 is 0. The number of aromatic carboxylic acids is 1. The summed E-state index contributed by atoms with van der Waals surface area (Å²) in [5, 5.41) is 18.1.